The third-order valence-electron chi connectivity index (χ3n) is 4.13. The van der Waals surface area contributed by atoms with Gasteiger partial charge in [-0.25, -0.2) is 0 Å². The number of carbonyl (C=O) groups is 2. The standard InChI is InChI=1S/C17H25N3O4/c1-23-15-4-3-14(11-16(15)24-2)5-6-18-12-17(22)20-9-7-19(13-21)8-10-20/h3-4,11,13,18H,5-10,12H2,1-2H3. The average Bonchev–Trinajstić information content (AvgIpc) is 2.64. The largest absolute Gasteiger partial charge is 0.493 e. The van der Waals surface area contributed by atoms with Crippen LogP contribution in [-0.2, 0) is 16.0 Å². The summed E-state index contributed by atoms with van der Waals surface area (Å²) < 4.78 is 10.5. The summed E-state index contributed by atoms with van der Waals surface area (Å²) in [6, 6.07) is 5.82. The monoisotopic (exact) mass is 335 g/mol. The molecular weight excluding hydrogens is 310 g/mol. The summed E-state index contributed by atoms with van der Waals surface area (Å²) in [5, 5.41) is 3.18. The van der Waals surface area contributed by atoms with Crippen LogP contribution in [-0.4, -0.2) is 75.6 Å². The fourth-order valence-electron chi connectivity index (χ4n) is 2.65. The van der Waals surface area contributed by atoms with Gasteiger partial charge in [0.25, 0.3) is 0 Å². The molecule has 0 aromatic heterocycles. The van der Waals surface area contributed by atoms with Gasteiger partial charge in [0.15, 0.2) is 11.5 Å². The third-order valence-corrected chi connectivity index (χ3v) is 4.13. The van der Waals surface area contributed by atoms with Crippen molar-refractivity contribution in [3.05, 3.63) is 23.8 Å². The summed E-state index contributed by atoms with van der Waals surface area (Å²) in [6.07, 6.45) is 1.63. The summed E-state index contributed by atoms with van der Waals surface area (Å²) in [7, 11) is 3.22. The van der Waals surface area contributed by atoms with Crippen molar-refractivity contribution in [3.63, 3.8) is 0 Å². The Morgan fingerprint density at radius 2 is 1.88 bits per heavy atom. The van der Waals surface area contributed by atoms with Crippen molar-refractivity contribution in [2.45, 2.75) is 6.42 Å². The molecule has 1 aromatic rings. The van der Waals surface area contributed by atoms with Gasteiger partial charge in [0.1, 0.15) is 0 Å². The van der Waals surface area contributed by atoms with Crippen LogP contribution in [0.4, 0.5) is 0 Å². The van der Waals surface area contributed by atoms with E-state index in [0.717, 1.165) is 18.4 Å². The fraction of sp³-hybridized carbons (Fsp3) is 0.529. The number of ether oxygens (including phenoxy) is 2. The second kappa shape index (κ2) is 9.12. The van der Waals surface area contributed by atoms with Crippen LogP contribution in [0, 0.1) is 0 Å². The molecular formula is C17H25N3O4. The van der Waals surface area contributed by atoms with E-state index in [9.17, 15) is 9.59 Å². The first-order chi connectivity index (χ1) is 11.7. The molecule has 1 aliphatic heterocycles. The van der Waals surface area contributed by atoms with E-state index >= 15 is 0 Å². The quantitative estimate of drug-likeness (QED) is 0.540. The van der Waals surface area contributed by atoms with E-state index in [0.29, 0.717) is 50.8 Å². The molecule has 7 nitrogen and oxygen atoms in total. The number of nitrogens with one attached hydrogen (secondary N) is 1. The van der Waals surface area contributed by atoms with Crippen LogP contribution in [0.1, 0.15) is 5.56 Å². The Balaban J connectivity index is 1.71. The van der Waals surface area contributed by atoms with Gasteiger partial charge >= 0.3 is 0 Å². The van der Waals surface area contributed by atoms with Gasteiger partial charge in [-0.1, -0.05) is 6.07 Å². The molecule has 1 aliphatic rings. The molecule has 0 saturated carbocycles. The molecule has 0 aliphatic carbocycles. The molecule has 0 unspecified atom stereocenters. The molecule has 1 N–H and O–H groups in total. The van der Waals surface area contributed by atoms with Crippen LogP contribution >= 0.6 is 0 Å². The zero-order valence-corrected chi connectivity index (χ0v) is 14.3. The molecule has 0 atom stereocenters. The minimum atomic E-state index is 0.0767. The molecule has 24 heavy (non-hydrogen) atoms. The van der Waals surface area contributed by atoms with Gasteiger partial charge in [0.2, 0.25) is 12.3 Å². The van der Waals surface area contributed by atoms with Crippen molar-refractivity contribution in [1.29, 1.82) is 0 Å². The number of amides is 2. The molecule has 1 aromatic carbocycles. The van der Waals surface area contributed by atoms with Crippen LogP contribution in [0.3, 0.4) is 0 Å². The van der Waals surface area contributed by atoms with Gasteiger partial charge < -0.3 is 24.6 Å². The number of hydrogen-bond donors (Lipinski definition) is 1. The minimum absolute atomic E-state index is 0.0767. The summed E-state index contributed by atoms with van der Waals surface area (Å²) in [5.41, 5.74) is 1.12. The van der Waals surface area contributed by atoms with Crippen LogP contribution < -0.4 is 14.8 Å². The predicted molar refractivity (Wildman–Crippen MR) is 90.3 cm³/mol. The Bertz CT molecular complexity index is 557. The Labute approximate surface area is 142 Å². The molecule has 1 fully saturated rings. The molecule has 2 amide bonds. The molecule has 1 heterocycles. The van der Waals surface area contributed by atoms with E-state index in [4.69, 9.17) is 9.47 Å². The smallest absolute Gasteiger partial charge is 0.236 e. The van der Waals surface area contributed by atoms with Crippen molar-refractivity contribution in [3.8, 4) is 11.5 Å². The van der Waals surface area contributed by atoms with Gasteiger partial charge in [-0.15, -0.1) is 0 Å². The molecule has 0 spiro atoms. The topological polar surface area (TPSA) is 71.1 Å². The number of methoxy groups -OCH3 is 2. The van der Waals surface area contributed by atoms with Crippen LogP contribution in [0.2, 0.25) is 0 Å². The molecule has 132 valence electrons. The van der Waals surface area contributed by atoms with E-state index in [2.05, 4.69) is 5.32 Å². The SMILES string of the molecule is COc1ccc(CCNCC(=O)N2CCN(C=O)CC2)cc1OC. The van der Waals surface area contributed by atoms with E-state index in [1.54, 1.807) is 24.0 Å². The maximum absolute atomic E-state index is 12.1. The summed E-state index contributed by atoms with van der Waals surface area (Å²) in [6.45, 7) is 3.45. The van der Waals surface area contributed by atoms with Crippen molar-refractivity contribution >= 4 is 12.3 Å². The molecule has 0 bridgehead atoms. The van der Waals surface area contributed by atoms with Gasteiger partial charge in [0.05, 0.1) is 20.8 Å². The first kappa shape index (κ1) is 18.1. The number of nitrogens with zero attached hydrogens (tertiary/aromatic N) is 2. The lowest BCUT2D eigenvalue weighted by molar-refractivity contribution is -0.134. The normalized spacial score (nSPS) is 14.4. The highest BCUT2D eigenvalue weighted by Crippen LogP contribution is 2.27. The van der Waals surface area contributed by atoms with E-state index in [1.807, 2.05) is 18.2 Å². The Morgan fingerprint density at radius 1 is 1.17 bits per heavy atom. The first-order valence-corrected chi connectivity index (χ1v) is 8.06. The summed E-state index contributed by atoms with van der Waals surface area (Å²) in [4.78, 5) is 26.3. The van der Waals surface area contributed by atoms with Crippen LogP contribution in [0.15, 0.2) is 18.2 Å². The molecule has 2 rings (SSSR count). The van der Waals surface area contributed by atoms with E-state index in [1.165, 1.54) is 0 Å². The summed E-state index contributed by atoms with van der Waals surface area (Å²) in [5.74, 6) is 1.49. The number of hydrogen-bond acceptors (Lipinski definition) is 5. The average molecular weight is 335 g/mol. The highest BCUT2D eigenvalue weighted by molar-refractivity contribution is 5.78. The first-order valence-electron chi connectivity index (χ1n) is 8.06. The van der Waals surface area contributed by atoms with Gasteiger partial charge in [-0.2, -0.15) is 0 Å². The van der Waals surface area contributed by atoms with Gasteiger partial charge in [-0.3, -0.25) is 9.59 Å². The third kappa shape index (κ3) is 4.86. The lowest BCUT2D eigenvalue weighted by Gasteiger charge is -2.32. The van der Waals surface area contributed by atoms with Crippen molar-refractivity contribution in [2.24, 2.45) is 0 Å². The Hall–Kier alpha value is -2.28. The maximum atomic E-state index is 12.1. The number of piperazine rings is 1. The molecule has 7 heteroatoms. The summed E-state index contributed by atoms with van der Waals surface area (Å²) >= 11 is 0. The fourth-order valence-corrected chi connectivity index (χ4v) is 2.65. The zero-order valence-electron chi connectivity index (χ0n) is 14.3. The second-order valence-corrected chi connectivity index (χ2v) is 5.64. The minimum Gasteiger partial charge on any atom is -0.493 e. The number of carbonyl (C=O) groups excluding carboxylic acids is 2. The molecule has 0 radical (unpaired) electrons. The Morgan fingerprint density at radius 3 is 2.50 bits per heavy atom. The number of benzene rings is 1. The van der Waals surface area contributed by atoms with Crippen molar-refractivity contribution < 1.29 is 19.1 Å². The maximum Gasteiger partial charge on any atom is 0.236 e. The highest BCUT2D eigenvalue weighted by atomic mass is 16.5. The van der Waals surface area contributed by atoms with E-state index < -0.39 is 0 Å². The molecule has 1 saturated heterocycles. The van der Waals surface area contributed by atoms with Crippen LogP contribution in [0.5, 0.6) is 11.5 Å². The predicted octanol–water partition coefficient (Wildman–Crippen LogP) is 0.137. The number of rotatable bonds is 8. The van der Waals surface area contributed by atoms with Crippen molar-refractivity contribution in [2.75, 3.05) is 53.5 Å². The highest BCUT2D eigenvalue weighted by Gasteiger charge is 2.19. The lowest BCUT2D eigenvalue weighted by Crippen LogP contribution is -2.50. The lowest BCUT2D eigenvalue weighted by atomic mass is 10.1. The van der Waals surface area contributed by atoms with Crippen LogP contribution in [0.25, 0.3) is 0 Å². The zero-order chi connectivity index (χ0) is 17.4. The van der Waals surface area contributed by atoms with Crippen molar-refractivity contribution in [1.82, 2.24) is 15.1 Å². The van der Waals surface area contributed by atoms with Gasteiger partial charge in [-0.05, 0) is 30.7 Å². The van der Waals surface area contributed by atoms with E-state index in [-0.39, 0.29) is 5.91 Å². The Kier molecular flexibility index (Phi) is 6.87. The second-order valence-electron chi connectivity index (χ2n) is 5.64. The van der Waals surface area contributed by atoms with Gasteiger partial charge in [0, 0.05) is 26.2 Å².